The van der Waals surface area contributed by atoms with Crippen molar-refractivity contribution in [2.24, 2.45) is 0 Å². The van der Waals surface area contributed by atoms with Gasteiger partial charge in [0, 0.05) is 0 Å². The van der Waals surface area contributed by atoms with Crippen LogP contribution in [0.25, 0.3) is 19.6 Å². The van der Waals surface area contributed by atoms with Crippen molar-refractivity contribution in [3.05, 3.63) is 63.7 Å². The molecule has 0 amide bonds. The van der Waals surface area contributed by atoms with E-state index in [9.17, 15) is 20.3 Å². The molecule has 0 radical (unpaired) electrons. The van der Waals surface area contributed by atoms with Gasteiger partial charge in [0.15, 0.2) is 0 Å². The van der Waals surface area contributed by atoms with E-state index >= 15 is 0 Å². The van der Waals surface area contributed by atoms with Gasteiger partial charge >= 0.3 is 132 Å². The summed E-state index contributed by atoms with van der Waals surface area (Å²) in [5, 5.41) is 30.5. The van der Waals surface area contributed by atoms with Crippen LogP contribution in [0.15, 0.2) is 42.5 Å². The molecule has 2 aromatic carbocycles. The molecule has 3 rings (SSSR count). The minimum atomic E-state index is -0.409. The van der Waals surface area contributed by atoms with E-state index in [0.717, 1.165) is 30.8 Å². The molecule has 112 valence electrons. The maximum absolute atomic E-state index is 10.7. The van der Waals surface area contributed by atoms with Gasteiger partial charge in [0.2, 0.25) is 0 Å². The summed E-state index contributed by atoms with van der Waals surface area (Å²) >= 11 is 0.0867. The summed E-state index contributed by atoms with van der Waals surface area (Å²) in [6.45, 7) is -0.191. The van der Waals surface area contributed by atoms with Gasteiger partial charge < -0.3 is 0 Å². The van der Waals surface area contributed by atoms with Gasteiger partial charge in [-0.25, -0.2) is 0 Å². The monoisotopic (exact) mass is 363 g/mol. The van der Waals surface area contributed by atoms with E-state index < -0.39 is 4.92 Å². The molecule has 1 heterocycles. The van der Waals surface area contributed by atoms with Crippen molar-refractivity contribution in [1.29, 1.82) is 0 Å². The van der Waals surface area contributed by atoms with Gasteiger partial charge in [-0.3, -0.25) is 0 Å². The van der Waals surface area contributed by atoms with Crippen LogP contribution in [0.2, 0.25) is 0 Å². The Morgan fingerprint density at radius 1 is 1.00 bits per heavy atom. The van der Waals surface area contributed by atoms with E-state index in [-0.39, 0.29) is 33.4 Å². The molecule has 0 saturated heterocycles. The predicted molar refractivity (Wildman–Crippen MR) is 84.8 cm³/mol. The van der Waals surface area contributed by atoms with E-state index in [2.05, 4.69) is 6.07 Å². The van der Waals surface area contributed by atoms with Crippen LogP contribution in [-0.4, -0.2) is 29.6 Å². The number of aliphatic hydroxyl groups is 2. The number of benzene rings is 2. The molecule has 0 bridgehead atoms. The first-order chi connectivity index (χ1) is 10.6. The molecule has 3 aromatic rings. The van der Waals surface area contributed by atoms with Crippen LogP contribution in [0.4, 0.5) is 5.69 Å². The summed E-state index contributed by atoms with van der Waals surface area (Å²) in [5.41, 5.74) is 2.54. The van der Waals surface area contributed by atoms with Crippen LogP contribution in [0, 0.1) is 10.1 Å². The van der Waals surface area contributed by atoms with Gasteiger partial charge in [0.25, 0.3) is 0 Å². The number of fused-ring (bicyclic) bond motifs is 1. The van der Waals surface area contributed by atoms with E-state index in [0.29, 0.717) is 0 Å². The summed E-state index contributed by atoms with van der Waals surface area (Å²) in [6, 6.07) is 12.4. The zero-order valence-electron chi connectivity index (χ0n) is 11.5. The quantitative estimate of drug-likeness (QED) is 0.424. The molecule has 0 atom stereocenters. The van der Waals surface area contributed by atoms with Crippen LogP contribution in [0.3, 0.4) is 0 Å². The van der Waals surface area contributed by atoms with Crippen molar-refractivity contribution in [3.8, 4) is 10.0 Å². The Morgan fingerprint density at radius 2 is 1.64 bits per heavy atom. The molecule has 0 aliphatic carbocycles. The number of hydrogen-bond donors (Lipinski definition) is 2. The summed E-state index contributed by atoms with van der Waals surface area (Å²) in [4.78, 5) is 10.3. The standard InChI is InChI=1S/C16H13NO4Se/c18-8-12-5-11-6-15(22-16(11)7-13(12)9-19)10-1-3-14(4-2-10)17(20)21/h1-7,18-19H,8-9H2. The van der Waals surface area contributed by atoms with Gasteiger partial charge in [-0.2, -0.15) is 0 Å². The molecule has 2 N–H and O–H groups in total. The Balaban J connectivity index is 2.06. The van der Waals surface area contributed by atoms with Crippen molar-refractivity contribution in [3.63, 3.8) is 0 Å². The first-order valence-corrected chi connectivity index (χ1v) is 8.35. The normalized spacial score (nSPS) is 11.0. The van der Waals surface area contributed by atoms with Crippen molar-refractivity contribution < 1.29 is 15.1 Å². The molecular weight excluding hydrogens is 349 g/mol. The SMILES string of the molecule is O=[N+]([O-])c1ccc(-c2cc3cc(CO)c(CO)cc3[se]2)cc1. The maximum atomic E-state index is 10.7. The Kier molecular flexibility index (Phi) is 4.09. The third kappa shape index (κ3) is 2.69. The Morgan fingerprint density at radius 3 is 2.23 bits per heavy atom. The molecule has 0 spiro atoms. The van der Waals surface area contributed by atoms with Crippen molar-refractivity contribution in [1.82, 2.24) is 0 Å². The Bertz CT molecular complexity index is 798. The van der Waals surface area contributed by atoms with Gasteiger partial charge in [-0.15, -0.1) is 0 Å². The average Bonchev–Trinajstić information content (AvgIpc) is 2.96. The summed E-state index contributed by atoms with van der Waals surface area (Å²) in [5.74, 6) is 0. The van der Waals surface area contributed by atoms with Gasteiger partial charge in [0.05, 0.1) is 0 Å². The summed E-state index contributed by atoms with van der Waals surface area (Å²) < 4.78 is 2.29. The third-order valence-corrected chi connectivity index (χ3v) is 5.95. The number of hydrogen-bond acceptors (Lipinski definition) is 4. The number of rotatable bonds is 4. The number of non-ortho nitro benzene ring substituents is 1. The summed E-state index contributed by atoms with van der Waals surface area (Å²) in [6.07, 6.45) is 0. The average molecular weight is 362 g/mol. The molecule has 0 aliphatic heterocycles. The van der Waals surface area contributed by atoms with E-state index in [4.69, 9.17) is 0 Å². The third-order valence-electron chi connectivity index (χ3n) is 3.54. The molecule has 0 saturated carbocycles. The topological polar surface area (TPSA) is 83.6 Å². The fourth-order valence-corrected chi connectivity index (χ4v) is 4.70. The molecule has 5 nitrogen and oxygen atoms in total. The molecule has 22 heavy (non-hydrogen) atoms. The molecule has 0 aliphatic rings. The van der Waals surface area contributed by atoms with Crippen LogP contribution in [-0.2, 0) is 13.2 Å². The number of aliphatic hydroxyl groups excluding tert-OH is 2. The second kappa shape index (κ2) is 6.02. The molecular formula is C16H13NO4Se. The first kappa shape index (κ1) is 14.9. The Hall–Kier alpha value is -1.98. The van der Waals surface area contributed by atoms with Gasteiger partial charge in [0.1, 0.15) is 0 Å². The Labute approximate surface area is 132 Å². The summed E-state index contributed by atoms with van der Waals surface area (Å²) in [7, 11) is 0. The molecule has 0 unspecified atom stereocenters. The predicted octanol–water partition coefficient (Wildman–Crippen LogP) is 2.46. The van der Waals surface area contributed by atoms with Gasteiger partial charge in [-0.05, 0) is 0 Å². The van der Waals surface area contributed by atoms with Crippen molar-refractivity contribution >= 4 is 29.8 Å². The first-order valence-electron chi connectivity index (χ1n) is 6.64. The second-order valence-corrected chi connectivity index (χ2v) is 7.16. The number of nitro benzene ring substituents is 1. The van der Waals surface area contributed by atoms with Crippen LogP contribution >= 0.6 is 0 Å². The molecule has 1 aromatic heterocycles. The van der Waals surface area contributed by atoms with Crippen LogP contribution in [0.1, 0.15) is 11.1 Å². The van der Waals surface area contributed by atoms with Crippen LogP contribution < -0.4 is 0 Å². The van der Waals surface area contributed by atoms with E-state index in [1.54, 1.807) is 12.1 Å². The zero-order valence-corrected chi connectivity index (χ0v) is 13.2. The van der Waals surface area contributed by atoms with E-state index in [1.807, 2.05) is 12.1 Å². The van der Waals surface area contributed by atoms with Crippen LogP contribution in [0.5, 0.6) is 0 Å². The molecule has 6 heteroatoms. The number of nitro groups is 1. The second-order valence-electron chi connectivity index (χ2n) is 4.89. The van der Waals surface area contributed by atoms with Crippen molar-refractivity contribution in [2.45, 2.75) is 13.2 Å². The fourth-order valence-electron chi connectivity index (χ4n) is 2.36. The van der Waals surface area contributed by atoms with Gasteiger partial charge in [-0.1, -0.05) is 0 Å². The van der Waals surface area contributed by atoms with E-state index in [1.165, 1.54) is 12.1 Å². The number of nitrogens with zero attached hydrogens (tertiary/aromatic N) is 1. The van der Waals surface area contributed by atoms with Crippen molar-refractivity contribution in [2.75, 3.05) is 0 Å². The minimum absolute atomic E-state index is 0.0810. The zero-order chi connectivity index (χ0) is 15.7. The fraction of sp³-hybridized carbons (Fsp3) is 0.125. The molecule has 0 fully saturated rings.